The topological polar surface area (TPSA) is 58.9 Å². The average molecular weight is 381 g/mol. The molecule has 0 aliphatic carbocycles. The second kappa shape index (κ2) is 7.50. The minimum Gasteiger partial charge on any atom is -0.312 e. The molecule has 0 saturated carbocycles. The largest absolute Gasteiger partial charge is 0.312 e. The number of thiazole rings is 1. The van der Waals surface area contributed by atoms with Gasteiger partial charge in [0.05, 0.1) is 18.8 Å². The van der Waals surface area contributed by atoms with Gasteiger partial charge in [-0.1, -0.05) is 30.3 Å². The molecule has 4 heterocycles. The summed E-state index contributed by atoms with van der Waals surface area (Å²) < 4.78 is 2.34. The van der Waals surface area contributed by atoms with Crippen LogP contribution < -0.4 is 5.32 Å². The average Bonchev–Trinajstić information content (AvgIpc) is 3.37. The van der Waals surface area contributed by atoms with Crippen LogP contribution in [-0.4, -0.2) is 44.3 Å². The molecule has 0 unspecified atom stereocenters. The van der Waals surface area contributed by atoms with Gasteiger partial charge in [-0.3, -0.25) is 4.90 Å². The molecule has 1 saturated heterocycles. The van der Waals surface area contributed by atoms with E-state index in [1.165, 1.54) is 16.4 Å². The third kappa shape index (κ3) is 3.54. The number of fused-ring (bicyclic) bond motifs is 1. The van der Waals surface area contributed by atoms with Crippen LogP contribution >= 0.6 is 11.3 Å². The Balaban J connectivity index is 1.20. The lowest BCUT2D eigenvalue weighted by Crippen LogP contribution is -2.34. The maximum absolute atomic E-state index is 4.84. The van der Waals surface area contributed by atoms with Crippen LogP contribution in [0.15, 0.2) is 35.7 Å². The molecule has 2 aliphatic heterocycles. The lowest BCUT2D eigenvalue weighted by atomic mass is 9.96. The van der Waals surface area contributed by atoms with Crippen LogP contribution in [0.4, 0.5) is 0 Å². The highest BCUT2D eigenvalue weighted by Gasteiger charge is 2.27. The zero-order chi connectivity index (χ0) is 18.1. The number of benzene rings is 1. The minimum absolute atomic E-state index is 0.539. The Hall–Kier alpha value is -2.09. The van der Waals surface area contributed by atoms with Crippen molar-refractivity contribution in [1.82, 2.24) is 30.0 Å². The van der Waals surface area contributed by atoms with Gasteiger partial charge in [-0.25, -0.2) is 4.98 Å². The number of piperidine rings is 1. The Morgan fingerprint density at radius 1 is 1.07 bits per heavy atom. The molecule has 7 heteroatoms. The number of likely N-dealkylation sites (tertiary alicyclic amines) is 1. The molecule has 2 aromatic heterocycles. The predicted octanol–water partition coefficient (Wildman–Crippen LogP) is 2.88. The summed E-state index contributed by atoms with van der Waals surface area (Å²) in [6.45, 7) is 6.02. The van der Waals surface area contributed by atoms with Crippen molar-refractivity contribution < 1.29 is 0 Å². The highest BCUT2D eigenvalue weighted by Crippen LogP contribution is 2.29. The Morgan fingerprint density at radius 2 is 1.93 bits per heavy atom. The first-order valence-corrected chi connectivity index (χ1v) is 10.6. The van der Waals surface area contributed by atoms with E-state index in [-0.39, 0.29) is 0 Å². The number of nitrogens with zero attached hydrogens (tertiary/aromatic N) is 5. The van der Waals surface area contributed by atoms with Crippen molar-refractivity contribution in [3.05, 3.63) is 52.4 Å². The molecule has 0 radical (unpaired) electrons. The second-order valence-electron chi connectivity index (χ2n) is 7.35. The lowest BCUT2D eigenvalue weighted by Gasteiger charge is -2.31. The number of hydrogen-bond acceptors (Lipinski definition) is 6. The molecule has 1 N–H and O–H groups in total. The molecule has 0 bridgehead atoms. The molecule has 0 spiro atoms. The predicted molar refractivity (Wildman–Crippen MR) is 107 cm³/mol. The number of hydrogen-bond donors (Lipinski definition) is 1. The first-order chi connectivity index (χ1) is 13.4. The van der Waals surface area contributed by atoms with Gasteiger partial charge >= 0.3 is 0 Å². The Labute approximate surface area is 163 Å². The van der Waals surface area contributed by atoms with E-state index < -0.39 is 0 Å². The summed E-state index contributed by atoms with van der Waals surface area (Å²) in [6.07, 6.45) is 2.31. The summed E-state index contributed by atoms with van der Waals surface area (Å²) in [5, 5.41) is 15.6. The molecule has 6 nitrogen and oxygen atoms in total. The number of aromatic nitrogens is 4. The third-order valence-electron chi connectivity index (χ3n) is 5.58. The van der Waals surface area contributed by atoms with Crippen LogP contribution in [-0.2, 0) is 19.6 Å². The van der Waals surface area contributed by atoms with E-state index in [1.807, 2.05) is 6.07 Å². The first kappa shape index (κ1) is 17.0. The van der Waals surface area contributed by atoms with Crippen LogP contribution in [0.1, 0.15) is 35.4 Å². The molecular formula is C20H24N6S. The molecule has 2 aliphatic rings. The fourth-order valence-corrected chi connectivity index (χ4v) is 4.93. The molecule has 3 aromatic rings. The molecule has 1 aromatic carbocycles. The SMILES string of the molecule is c1ccc(-c2csc(CN3CCC(c4nnc5n4CCNC5)CC3)n2)cc1. The second-order valence-corrected chi connectivity index (χ2v) is 8.29. The van der Waals surface area contributed by atoms with Gasteiger partial charge in [-0.15, -0.1) is 21.5 Å². The maximum Gasteiger partial charge on any atom is 0.147 e. The van der Waals surface area contributed by atoms with Crippen LogP contribution in [0.2, 0.25) is 0 Å². The smallest absolute Gasteiger partial charge is 0.147 e. The third-order valence-corrected chi connectivity index (χ3v) is 6.42. The van der Waals surface area contributed by atoms with E-state index in [1.54, 1.807) is 11.3 Å². The van der Waals surface area contributed by atoms with Crippen LogP contribution in [0.25, 0.3) is 11.3 Å². The quantitative estimate of drug-likeness (QED) is 0.754. The summed E-state index contributed by atoms with van der Waals surface area (Å²) in [6, 6.07) is 10.4. The minimum atomic E-state index is 0.539. The monoisotopic (exact) mass is 380 g/mol. The fraction of sp³-hybridized carbons (Fsp3) is 0.450. The maximum atomic E-state index is 4.84. The van der Waals surface area contributed by atoms with Crippen molar-refractivity contribution in [3.8, 4) is 11.3 Å². The molecule has 5 rings (SSSR count). The van der Waals surface area contributed by atoms with E-state index in [9.17, 15) is 0 Å². The Kier molecular flexibility index (Phi) is 4.73. The summed E-state index contributed by atoms with van der Waals surface area (Å²) >= 11 is 1.77. The molecule has 0 atom stereocenters. The molecular weight excluding hydrogens is 356 g/mol. The summed E-state index contributed by atoms with van der Waals surface area (Å²) in [7, 11) is 0. The van der Waals surface area contributed by atoms with Gasteiger partial charge in [0.25, 0.3) is 0 Å². The van der Waals surface area contributed by atoms with Gasteiger partial charge in [0.1, 0.15) is 16.7 Å². The van der Waals surface area contributed by atoms with Gasteiger partial charge in [0.2, 0.25) is 0 Å². The summed E-state index contributed by atoms with van der Waals surface area (Å²) in [4.78, 5) is 7.37. The van der Waals surface area contributed by atoms with Crippen molar-refractivity contribution in [1.29, 1.82) is 0 Å². The van der Waals surface area contributed by atoms with Crippen LogP contribution in [0.3, 0.4) is 0 Å². The molecule has 27 heavy (non-hydrogen) atoms. The molecule has 140 valence electrons. The van der Waals surface area contributed by atoms with Gasteiger partial charge < -0.3 is 9.88 Å². The molecule has 0 amide bonds. The van der Waals surface area contributed by atoms with E-state index >= 15 is 0 Å². The Morgan fingerprint density at radius 3 is 2.78 bits per heavy atom. The number of nitrogens with one attached hydrogen (secondary N) is 1. The van der Waals surface area contributed by atoms with Crippen molar-refractivity contribution in [2.24, 2.45) is 0 Å². The zero-order valence-corrected chi connectivity index (χ0v) is 16.2. The van der Waals surface area contributed by atoms with Crippen molar-refractivity contribution in [2.45, 2.75) is 38.4 Å². The zero-order valence-electron chi connectivity index (χ0n) is 15.3. The van der Waals surface area contributed by atoms with Gasteiger partial charge in [-0.05, 0) is 25.9 Å². The standard InChI is InChI=1S/C20H24N6S/c1-2-4-15(5-3-1)17-14-27-19(22-17)13-25-9-6-16(7-10-25)20-24-23-18-12-21-8-11-26(18)20/h1-5,14,16,21H,6-13H2. The van der Waals surface area contributed by atoms with E-state index in [0.29, 0.717) is 5.92 Å². The van der Waals surface area contributed by atoms with Gasteiger partial charge in [-0.2, -0.15) is 0 Å². The van der Waals surface area contributed by atoms with E-state index in [4.69, 9.17) is 4.98 Å². The van der Waals surface area contributed by atoms with E-state index in [0.717, 1.165) is 63.6 Å². The van der Waals surface area contributed by atoms with Crippen molar-refractivity contribution >= 4 is 11.3 Å². The highest BCUT2D eigenvalue weighted by atomic mass is 32.1. The first-order valence-electron chi connectivity index (χ1n) is 9.72. The fourth-order valence-electron chi connectivity index (χ4n) is 4.08. The Bertz CT molecular complexity index is 894. The van der Waals surface area contributed by atoms with Crippen LogP contribution in [0.5, 0.6) is 0 Å². The number of rotatable bonds is 4. The lowest BCUT2D eigenvalue weighted by molar-refractivity contribution is 0.199. The molecule has 1 fully saturated rings. The van der Waals surface area contributed by atoms with Gasteiger partial charge in [0.15, 0.2) is 0 Å². The highest BCUT2D eigenvalue weighted by molar-refractivity contribution is 7.09. The van der Waals surface area contributed by atoms with Crippen molar-refractivity contribution in [3.63, 3.8) is 0 Å². The van der Waals surface area contributed by atoms with E-state index in [2.05, 4.69) is 54.6 Å². The summed E-state index contributed by atoms with van der Waals surface area (Å²) in [5.74, 6) is 2.83. The normalized spacial score (nSPS) is 18.5. The van der Waals surface area contributed by atoms with Gasteiger partial charge in [0, 0.05) is 30.0 Å². The van der Waals surface area contributed by atoms with Crippen LogP contribution in [0, 0.1) is 0 Å². The summed E-state index contributed by atoms with van der Waals surface area (Å²) in [5.41, 5.74) is 2.29. The van der Waals surface area contributed by atoms with Crippen molar-refractivity contribution in [2.75, 3.05) is 19.6 Å².